The topological polar surface area (TPSA) is 112 Å². The van der Waals surface area contributed by atoms with Gasteiger partial charge in [-0.3, -0.25) is 19.2 Å². The molecule has 0 bridgehead atoms. The summed E-state index contributed by atoms with van der Waals surface area (Å²) in [5.74, 6) is 0.534. The van der Waals surface area contributed by atoms with Crippen LogP contribution in [0.25, 0.3) is 0 Å². The molecule has 41 heavy (non-hydrogen) atoms. The molecular formula is C29H60N2O8S2. The number of carbonyl (C=O) groups is 4. The largest absolute Gasteiger partial charge is 0.464 e. The molecule has 12 heteroatoms. The van der Waals surface area contributed by atoms with Crippen LogP contribution < -0.4 is 0 Å². The maximum Gasteiger partial charge on any atom is 0.307 e. The van der Waals surface area contributed by atoms with Crippen LogP contribution in [0.15, 0.2) is 0 Å². The molecule has 10 nitrogen and oxygen atoms in total. The van der Waals surface area contributed by atoms with Crippen molar-refractivity contribution in [2.24, 2.45) is 0 Å². The molecule has 0 aromatic carbocycles. The van der Waals surface area contributed by atoms with Crippen LogP contribution in [-0.4, -0.2) is 119 Å². The first kappa shape index (κ1) is 46.5. The van der Waals surface area contributed by atoms with Gasteiger partial charge >= 0.3 is 11.9 Å². The molecule has 0 saturated heterocycles. The number of rotatable bonds is 23. The lowest BCUT2D eigenvalue weighted by atomic mass is 10.1. The Labute approximate surface area is 260 Å². The average molecular weight is 629 g/mol. The number of carbonyl (C=O) groups excluding carboxylic acids is 4. The van der Waals surface area contributed by atoms with E-state index in [1.165, 1.54) is 18.6 Å². The summed E-state index contributed by atoms with van der Waals surface area (Å²) in [6.07, 6.45) is 9.73. The second kappa shape index (κ2) is 40.6. The summed E-state index contributed by atoms with van der Waals surface area (Å²) in [4.78, 5) is 48.4. The Morgan fingerprint density at radius 2 is 1.24 bits per heavy atom. The van der Waals surface area contributed by atoms with Gasteiger partial charge in [0.1, 0.15) is 26.4 Å². The van der Waals surface area contributed by atoms with Crippen molar-refractivity contribution in [1.82, 2.24) is 9.80 Å². The van der Waals surface area contributed by atoms with Crippen molar-refractivity contribution >= 4 is 49.3 Å². The molecule has 0 aliphatic rings. The molecule has 0 saturated carbocycles. The van der Waals surface area contributed by atoms with E-state index >= 15 is 0 Å². The third-order valence-electron chi connectivity index (χ3n) is 5.19. The molecule has 0 aromatic heterocycles. The summed E-state index contributed by atoms with van der Waals surface area (Å²) in [7, 11) is 2.11. The summed E-state index contributed by atoms with van der Waals surface area (Å²) in [6, 6.07) is 0.419. The summed E-state index contributed by atoms with van der Waals surface area (Å²) in [6.45, 7) is 14.1. The van der Waals surface area contributed by atoms with Gasteiger partial charge in [0.15, 0.2) is 0 Å². The molecular weight excluding hydrogens is 568 g/mol. The smallest absolute Gasteiger partial charge is 0.307 e. The third-order valence-corrected chi connectivity index (χ3v) is 6.00. The maximum absolute atomic E-state index is 11.9. The lowest BCUT2D eigenvalue weighted by Gasteiger charge is -2.30. The zero-order valence-corrected chi connectivity index (χ0v) is 28.8. The zero-order chi connectivity index (χ0) is 32.2. The highest BCUT2D eigenvalue weighted by Gasteiger charge is 2.17. The Morgan fingerprint density at radius 3 is 1.56 bits per heavy atom. The summed E-state index contributed by atoms with van der Waals surface area (Å²) < 4.78 is 19.0. The van der Waals surface area contributed by atoms with Gasteiger partial charge in [0, 0.05) is 19.1 Å². The van der Waals surface area contributed by atoms with E-state index in [0.29, 0.717) is 32.1 Å². The van der Waals surface area contributed by atoms with E-state index in [-0.39, 0.29) is 51.2 Å². The van der Waals surface area contributed by atoms with Crippen molar-refractivity contribution in [3.63, 3.8) is 0 Å². The van der Waals surface area contributed by atoms with Crippen molar-refractivity contribution in [2.75, 3.05) is 77.9 Å². The number of thioether (sulfide) groups is 1. The van der Waals surface area contributed by atoms with Gasteiger partial charge in [-0.25, -0.2) is 0 Å². The van der Waals surface area contributed by atoms with Crippen LogP contribution in [0.2, 0.25) is 0 Å². The van der Waals surface area contributed by atoms with Gasteiger partial charge in [-0.15, -0.1) is 0 Å². The molecule has 0 fully saturated rings. The highest BCUT2D eigenvalue weighted by Crippen LogP contribution is 2.10. The van der Waals surface area contributed by atoms with E-state index in [1.807, 2.05) is 11.8 Å². The van der Waals surface area contributed by atoms with E-state index in [0.717, 1.165) is 32.4 Å². The minimum atomic E-state index is -0.386. The van der Waals surface area contributed by atoms with Gasteiger partial charge in [0.25, 0.3) is 12.9 Å². The fraction of sp³-hybridized carbons (Fsp3) is 0.862. The van der Waals surface area contributed by atoms with Crippen LogP contribution in [0.3, 0.4) is 0 Å². The molecule has 0 spiro atoms. The molecule has 0 heterocycles. The lowest BCUT2D eigenvalue weighted by molar-refractivity contribution is -0.148. The highest BCUT2D eigenvalue weighted by molar-refractivity contribution is 7.98. The second-order valence-electron chi connectivity index (χ2n) is 8.75. The summed E-state index contributed by atoms with van der Waals surface area (Å²) in [5.41, 5.74) is 0. The standard InChI is InChI=1S/C21H38N2O8.C4H10S.C3H8.CH4S/c1-4-9-22(3)19(5-2)6-10-23(11-7-20(26)30-15-13-28-17-24)12-8-21(27)31-16-14-29-18-25;1-3-4-5-2;1-3-2;1-2/h17-19H,4-16H2,1-3H3;3-4H2,1-2H3;3H2,1-2H3;2H,1H3. The van der Waals surface area contributed by atoms with Crippen molar-refractivity contribution in [1.29, 1.82) is 0 Å². The fourth-order valence-electron chi connectivity index (χ4n) is 3.29. The Bertz CT molecular complexity index is 541. The Morgan fingerprint density at radius 1 is 0.780 bits per heavy atom. The number of thiol groups is 1. The highest BCUT2D eigenvalue weighted by atomic mass is 32.2. The van der Waals surface area contributed by atoms with Crippen LogP contribution in [-0.2, 0) is 38.1 Å². The van der Waals surface area contributed by atoms with Crippen LogP contribution in [0.4, 0.5) is 0 Å². The Kier molecular flexibility index (Phi) is 46.0. The van der Waals surface area contributed by atoms with Crippen molar-refractivity contribution in [2.45, 2.75) is 85.6 Å². The molecule has 0 rings (SSSR count). The minimum Gasteiger partial charge on any atom is -0.464 e. The minimum absolute atomic E-state index is 0.0203. The number of esters is 2. The van der Waals surface area contributed by atoms with E-state index in [4.69, 9.17) is 9.47 Å². The Balaban J connectivity index is -0.000000590. The molecule has 0 aliphatic heterocycles. The van der Waals surface area contributed by atoms with Crippen molar-refractivity contribution in [3.05, 3.63) is 0 Å². The SMILES string of the molecule is CCC.CCCN(C)C(CC)CCN(CCC(=O)OCCOC=O)CCC(=O)OCCOC=O.CCCSC.CS. The molecule has 0 amide bonds. The molecule has 246 valence electrons. The molecule has 0 aromatic rings. The van der Waals surface area contributed by atoms with Gasteiger partial charge in [0.05, 0.1) is 12.8 Å². The first-order chi connectivity index (χ1) is 19.8. The third kappa shape index (κ3) is 38.5. The van der Waals surface area contributed by atoms with Crippen LogP contribution >= 0.6 is 24.4 Å². The molecule has 1 unspecified atom stereocenters. The summed E-state index contributed by atoms with van der Waals surface area (Å²) in [5, 5.41) is 0. The van der Waals surface area contributed by atoms with Crippen LogP contribution in [0, 0.1) is 0 Å². The molecule has 1 atom stereocenters. The summed E-state index contributed by atoms with van der Waals surface area (Å²) >= 11 is 5.43. The zero-order valence-electron chi connectivity index (χ0n) is 27.1. The average Bonchev–Trinajstić information content (AvgIpc) is 2.97. The number of ether oxygens (including phenoxy) is 4. The monoisotopic (exact) mass is 628 g/mol. The van der Waals surface area contributed by atoms with E-state index < -0.39 is 0 Å². The van der Waals surface area contributed by atoms with Gasteiger partial charge in [-0.05, 0) is 64.1 Å². The predicted molar refractivity (Wildman–Crippen MR) is 173 cm³/mol. The predicted octanol–water partition coefficient (Wildman–Crippen LogP) is 4.73. The van der Waals surface area contributed by atoms with Crippen LogP contribution in [0.5, 0.6) is 0 Å². The quantitative estimate of drug-likeness (QED) is 0.0557. The van der Waals surface area contributed by atoms with Gasteiger partial charge in [-0.1, -0.05) is 41.0 Å². The molecule has 0 radical (unpaired) electrons. The first-order valence-corrected chi connectivity index (χ1v) is 16.9. The van der Waals surface area contributed by atoms with E-state index in [1.54, 1.807) is 6.26 Å². The second-order valence-corrected chi connectivity index (χ2v) is 9.73. The normalized spacial score (nSPS) is 10.5. The van der Waals surface area contributed by atoms with E-state index in [2.05, 4.69) is 79.8 Å². The lowest BCUT2D eigenvalue weighted by Crippen LogP contribution is -2.37. The number of hydrogen-bond donors (Lipinski definition) is 1. The number of nitrogens with zero attached hydrogens (tertiary/aromatic N) is 2. The number of hydrogen-bond acceptors (Lipinski definition) is 12. The van der Waals surface area contributed by atoms with E-state index in [9.17, 15) is 19.2 Å². The maximum atomic E-state index is 11.9. The molecule has 0 N–H and O–H groups in total. The van der Waals surface area contributed by atoms with Gasteiger partial charge in [-0.2, -0.15) is 24.4 Å². The van der Waals surface area contributed by atoms with Gasteiger partial charge < -0.3 is 28.7 Å². The Hall–Kier alpha value is -1.50. The molecule has 0 aliphatic carbocycles. The van der Waals surface area contributed by atoms with Crippen molar-refractivity contribution < 1.29 is 38.1 Å². The van der Waals surface area contributed by atoms with Crippen LogP contribution in [0.1, 0.15) is 79.6 Å². The van der Waals surface area contributed by atoms with Gasteiger partial charge in [0.2, 0.25) is 0 Å². The fourth-order valence-corrected chi connectivity index (χ4v) is 3.70. The first-order valence-electron chi connectivity index (χ1n) is 14.6. The van der Waals surface area contributed by atoms with Crippen molar-refractivity contribution in [3.8, 4) is 0 Å².